The van der Waals surface area contributed by atoms with E-state index < -0.39 is 27.5 Å². The van der Waals surface area contributed by atoms with E-state index in [-0.39, 0.29) is 0 Å². The molecule has 0 radical (unpaired) electrons. The van der Waals surface area contributed by atoms with E-state index in [9.17, 15) is 0 Å². The molecule has 0 fully saturated rings. The van der Waals surface area contributed by atoms with Crippen LogP contribution in [-0.4, -0.2) is 13.6 Å². The Bertz CT molecular complexity index is 1020. The minimum absolute atomic E-state index is 0.312. The van der Waals surface area contributed by atoms with Crippen molar-refractivity contribution in [2.24, 2.45) is 5.92 Å². The summed E-state index contributed by atoms with van der Waals surface area (Å²) in [6.45, 7) is 9.44. The number of halogens is 2. The number of allylic oxidation sites excluding steroid dienone is 9. The number of fused-ring (bicyclic) bond motifs is 2. The fourth-order valence-corrected chi connectivity index (χ4v) is 13.4. The van der Waals surface area contributed by atoms with E-state index in [1.165, 1.54) is 36.7 Å². The third-order valence-electron chi connectivity index (χ3n) is 6.14. The first kappa shape index (κ1) is 20.7. The first-order valence-electron chi connectivity index (χ1n) is 9.95. The van der Waals surface area contributed by atoms with Gasteiger partial charge in [-0.25, -0.2) is 0 Å². The molecule has 0 aliphatic heterocycles. The molecule has 0 saturated heterocycles. The van der Waals surface area contributed by atoms with Crippen LogP contribution in [0.5, 0.6) is 0 Å². The molecule has 0 amide bonds. The predicted octanol–water partition coefficient (Wildman–Crippen LogP) is 7.34. The van der Waals surface area contributed by atoms with Gasteiger partial charge < -0.3 is 0 Å². The van der Waals surface area contributed by atoms with Crippen LogP contribution in [0.4, 0.5) is 0 Å². The van der Waals surface area contributed by atoms with Crippen LogP contribution in [0.25, 0.3) is 6.08 Å². The van der Waals surface area contributed by atoms with E-state index in [1.807, 2.05) is 0 Å². The van der Waals surface area contributed by atoms with Gasteiger partial charge in [-0.2, -0.15) is 0 Å². The Balaban J connectivity index is 2.00. The van der Waals surface area contributed by atoms with Gasteiger partial charge in [-0.15, -0.1) is 0 Å². The fraction of sp³-hybridized carbons (Fsp3) is 0.292. The molecule has 0 aromatic heterocycles. The summed E-state index contributed by atoms with van der Waals surface area (Å²) >= 11 is -2.79. The van der Waals surface area contributed by atoms with Crippen molar-refractivity contribution in [1.29, 1.82) is 0 Å². The van der Waals surface area contributed by atoms with Crippen LogP contribution in [0.3, 0.4) is 0 Å². The third-order valence-corrected chi connectivity index (χ3v) is 14.4. The van der Waals surface area contributed by atoms with Crippen molar-refractivity contribution >= 4 is 36.8 Å². The summed E-state index contributed by atoms with van der Waals surface area (Å²) in [7, 11) is 13.0. The second kappa shape index (κ2) is 8.30. The molecule has 143 valence electrons. The van der Waals surface area contributed by atoms with Gasteiger partial charge in [0, 0.05) is 0 Å². The summed E-state index contributed by atoms with van der Waals surface area (Å²) in [5.41, 5.74) is 8.52. The van der Waals surface area contributed by atoms with Gasteiger partial charge in [0.25, 0.3) is 0 Å². The van der Waals surface area contributed by atoms with E-state index in [1.54, 1.807) is 5.17 Å². The molecule has 4 heteroatoms. The molecule has 3 aliphatic rings. The molecule has 3 aliphatic carbocycles. The van der Waals surface area contributed by atoms with Gasteiger partial charge in [-0.3, -0.25) is 0 Å². The van der Waals surface area contributed by atoms with Crippen molar-refractivity contribution in [1.82, 2.24) is 0 Å². The van der Waals surface area contributed by atoms with Gasteiger partial charge in [0.15, 0.2) is 0 Å². The minimum atomic E-state index is -2.79. The van der Waals surface area contributed by atoms with Gasteiger partial charge in [0.1, 0.15) is 0 Å². The van der Waals surface area contributed by atoms with E-state index in [0.29, 0.717) is 11.8 Å². The van der Waals surface area contributed by atoms with Crippen molar-refractivity contribution < 1.29 is 19.1 Å². The third kappa shape index (κ3) is 3.35. The quantitative estimate of drug-likeness (QED) is 0.323. The van der Waals surface area contributed by atoms with Crippen LogP contribution in [0.15, 0.2) is 74.2 Å². The normalized spacial score (nSPS) is 23.1. The fourth-order valence-electron chi connectivity index (χ4n) is 4.97. The maximum absolute atomic E-state index is 6.76. The van der Waals surface area contributed by atoms with Crippen LogP contribution >= 0.6 is 17.2 Å². The molecule has 0 N–H and O–H groups in total. The first-order chi connectivity index (χ1) is 13.5. The van der Waals surface area contributed by atoms with E-state index in [4.69, 9.17) is 17.2 Å². The van der Waals surface area contributed by atoms with Crippen molar-refractivity contribution in [2.45, 2.75) is 39.3 Å². The summed E-state index contributed by atoms with van der Waals surface area (Å²) in [5, 5.41) is 1.59. The Kier molecular flexibility index (Phi) is 6.14. The van der Waals surface area contributed by atoms with Crippen LogP contribution < -0.4 is 0 Å². The predicted molar refractivity (Wildman–Crippen MR) is 123 cm³/mol. The molecule has 0 bridgehead atoms. The molecule has 0 saturated carbocycles. The summed E-state index contributed by atoms with van der Waals surface area (Å²) in [4.78, 5) is 0. The Labute approximate surface area is 185 Å². The molecule has 1 aromatic carbocycles. The average Bonchev–Trinajstić information content (AvgIpc) is 3.17. The Morgan fingerprint density at radius 1 is 1.07 bits per heavy atom. The number of hydrogen-bond acceptors (Lipinski definition) is 0. The molecule has 0 spiro atoms. The second-order valence-electron chi connectivity index (χ2n) is 7.88. The zero-order chi connectivity index (χ0) is 20.0. The van der Waals surface area contributed by atoms with Crippen LogP contribution in [0.2, 0.25) is 13.1 Å². The first-order valence-corrected chi connectivity index (χ1v) is 23.1. The molecule has 2 unspecified atom stereocenters. The van der Waals surface area contributed by atoms with Gasteiger partial charge in [-0.1, -0.05) is 0 Å². The zero-order valence-electron chi connectivity index (χ0n) is 16.8. The van der Waals surface area contributed by atoms with Gasteiger partial charge in [0.05, 0.1) is 0 Å². The number of rotatable bonds is 3. The number of benzene rings is 1. The molecular weight excluding hydrogens is 566 g/mol. The Morgan fingerprint density at radius 2 is 1.82 bits per heavy atom. The topological polar surface area (TPSA) is 0 Å². The molecule has 28 heavy (non-hydrogen) atoms. The van der Waals surface area contributed by atoms with Crippen molar-refractivity contribution in [2.75, 3.05) is 0 Å². The molecule has 0 nitrogen and oxygen atoms in total. The van der Waals surface area contributed by atoms with Crippen LogP contribution in [0, 0.1) is 5.92 Å². The van der Waals surface area contributed by atoms with Crippen molar-refractivity contribution in [3.8, 4) is 0 Å². The SMILES string of the molecule is CCC1=[C]([Hf]([Cl])[Cl])C2=CC=CC(=[Si](C)C)C(C)C2=C1C1C=Cc2ccccc21. The van der Waals surface area contributed by atoms with Gasteiger partial charge >= 0.3 is 186 Å². The molecule has 0 heterocycles. The Hall–Kier alpha value is -0.543. The van der Waals surface area contributed by atoms with Gasteiger partial charge in [0.2, 0.25) is 0 Å². The number of hydrogen-bond donors (Lipinski definition) is 0. The van der Waals surface area contributed by atoms with Crippen molar-refractivity contribution in [3.63, 3.8) is 0 Å². The molecule has 4 rings (SSSR count). The standard InChI is InChI=1S/C24H25Si.2ClH.Hf/c1-5-17-15-19-10-8-12-22(25(3)4)16(2)23(19)24(17)21-14-13-18-9-6-7-11-20(18)21;;;/h6-14,16,21H,5H2,1-4H3;2*1H;/q;;;+2/p-2. The second-order valence-corrected chi connectivity index (χ2v) is 21.9. The van der Waals surface area contributed by atoms with E-state index >= 15 is 0 Å². The molecule has 1 aromatic rings. The summed E-state index contributed by atoms with van der Waals surface area (Å²) in [5.74, 6) is 0.732. The van der Waals surface area contributed by atoms with E-state index in [0.717, 1.165) is 6.42 Å². The molecular formula is C24H25Cl2HfSi. The molecule has 2 atom stereocenters. The summed E-state index contributed by atoms with van der Waals surface area (Å²) < 4.78 is 1.33. The van der Waals surface area contributed by atoms with E-state index in [2.05, 4.69) is 81.6 Å². The van der Waals surface area contributed by atoms with Crippen LogP contribution in [0.1, 0.15) is 37.3 Å². The Morgan fingerprint density at radius 3 is 2.50 bits per heavy atom. The van der Waals surface area contributed by atoms with Gasteiger partial charge in [-0.05, 0) is 0 Å². The average molecular weight is 591 g/mol. The zero-order valence-corrected chi connectivity index (χ0v) is 22.9. The summed E-state index contributed by atoms with van der Waals surface area (Å²) in [6.07, 6.45) is 12.5. The summed E-state index contributed by atoms with van der Waals surface area (Å²) in [6, 6.07) is 8.79. The van der Waals surface area contributed by atoms with Crippen molar-refractivity contribution in [3.05, 3.63) is 85.3 Å². The van der Waals surface area contributed by atoms with Crippen LogP contribution in [-0.2, 0) is 19.1 Å². The monoisotopic (exact) mass is 591 g/mol. The maximum atomic E-state index is 6.76.